The Morgan fingerprint density at radius 3 is 2.33 bits per heavy atom. The van der Waals surface area contributed by atoms with Crippen LogP contribution in [0.1, 0.15) is 50.2 Å². The first-order valence-corrected chi connectivity index (χ1v) is 7.39. The molecule has 1 aromatic rings. The highest BCUT2D eigenvalue weighted by molar-refractivity contribution is 7.11. The molecule has 0 amide bonds. The normalized spacial score (nSPS) is 12.7. The van der Waals surface area contributed by atoms with Gasteiger partial charge in [-0.2, -0.15) is 0 Å². The number of thiazole rings is 1. The molecule has 0 bridgehead atoms. The molecule has 0 aliphatic carbocycles. The molecule has 1 N–H and O–H groups in total. The fraction of sp³-hybridized carbons (Fsp3) is 0.786. The Bertz CT molecular complexity index is 375. The maximum absolute atomic E-state index is 4.84. The number of nitrogens with zero attached hydrogens (tertiary/aromatic N) is 2. The number of aromatic nitrogens is 1. The minimum absolute atomic E-state index is 0.120. The molecular weight excluding hydrogens is 242 g/mol. The van der Waals surface area contributed by atoms with Crippen molar-refractivity contribution in [2.45, 2.75) is 59.2 Å². The van der Waals surface area contributed by atoms with Crippen molar-refractivity contribution in [2.75, 3.05) is 14.1 Å². The summed E-state index contributed by atoms with van der Waals surface area (Å²) in [6.45, 7) is 12.9. The number of hydrogen-bond acceptors (Lipinski definition) is 4. The smallest absolute Gasteiger partial charge is 0.107 e. The Labute approximate surface area is 116 Å². The molecule has 1 aromatic heterocycles. The summed E-state index contributed by atoms with van der Waals surface area (Å²) in [6.07, 6.45) is 0. The lowest BCUT2D eigenvalue weighted by Crippen LogP contribution is -2.23. The average Bonchev–Trinajstić information content (AvgIpc) is 2.56. The molecule has 0 saturated heterocycles. The van der Waals surface area contributed by atoms with E-state index < -0.39 is 0 Å². The van der Waals surface area contributed by atoms with Gasteiger partial charge in [-0.15, -0.1) is 11.3 Å². The van der Waals surface area contributed by atoms with E-state index in [1.54, 1.807) is 0 Å². The van der Waals surface area contributed by atoms with Gasteiger partial charge < -0.3 is 10.2 Å². The van der Waals surface area contributed by atoms with Crippen LogP contribution in [0, 0.1) is 0 Å². The minimum atomic E-state index is 0.120. The van der Waals surface area contributed by atoms with E-state index >= 15 is 0 Å². The quantitative estimate of drug-likeness (QED) is 0.890. The molecule has 0 spiro atoms. The first kappa shape index (κ1) is 15.6. The summed E-state index contributed by atoms with van der Waals surface area (Å²) in [5.74, 6) is 0. The van der Waals surface area contributed by atoms with E-state index in [0.29, 0.717) is 6.04 Å². The molecule has 0 fully saturated rings. The summed E-state index contributed by atoms with van der Waals surface area (Å²) in [5.41, 5.74) is 1.37. The van der Waals surface area contributed by atoms with Crippen LogP contribution < -0.4 is 5.32 Å². The van der Waals surface area contributed by atoms with Crippen molar-refractivity contribution >= 4 is 11.3 Å². The van der Waals surface area contributed by atoms with Crippen LogP contribution in [0.25, 0.3) is 0 Å². The highest BCUT2D eigenvalue weighted by Crippen LogP contribution is 2.30. The summed E-state index contributed by atoms with van der Waals surface area (Å²) < 4.78 is 0. The van der Waals surface area contributed by atoms with E-state index in [1.165, 1.54) is 15.6 Å². The Kier molecular flexibility index (Phi) is 5.32. The van der Waals surface area contributed by atoms with E-state index in [9.17, 15) is 0 Å². The predicted molar refractivity (Wildman–Crippen MR) is 80.2 cm³/mol. The van der Waals surface area contributed by atoms with E-state index in [2.05, 4.69) is 58.9 Å². The zero-order valence-electron chi connectivity index (χ0n) is 12.8. The topological polar surface area (TPSA) is 28.2 Å². The standard InChI is InChI=1S/C14H27N3S/c1-10(2)15-8-11-13(14(3,4)5)16-12(18-11)9-17(6)7/h10,15H,8-9H2,1-7H3. The van der Waals surface area contributed by atoms with E-state index in [4.69, 9.17) is 4.98 Å². The first-order valence-electron chi connectivity index (χ1n) is 6.57. The fourth-order valence-electron chi connectivity index (χ4n) is 1.74. The monoisotopic (exact) mass is 269 g/mol. The first-order chi connectivity index (χ1) is 8.20. The van der Waals surface area contributed by atoms with Gasteiger partial charge in [-0.05, 0) is 14.1 Å². The minimum Gasteiger partial charge on any atom is -0.310 e. The third-order valence-electron chi connectivity index (χ3n) is 2.57. The van der Waals surface area contributed by atoms with Crippen LogP contribution in [-0.2, 0) is 18.5 Å². The van der Waals surface area contributed by atoms with Crippen molar-refractivity contribution in [1.29, 1.82) is 0 Å². The lowest BCUT2D eigenvalue weighted by Gasteiger charge is -2.18. The van der Waals surface area contributed by atoms with Gasteiger partial charge >= 0.3 is 0 Å². The lowest BCUT2D eigenvalue weighted by molar-refractivity contribution is 0.400. The van der Waals surface area contributed by atoms with Crippen molar-refractivity contribution < 1.29 is 0 Å². The highest BCUT2D eigenvalue weighted by Gasteiger charge is 2.23. The van der Waals surface area contributed by atoms with Gasteiger partial charge in [0, 0.05) is 29.4 Å². The van der Waals surface area contributed by atoms with Crippen molar-refractivity contribution in [3.8, 4) is 0 Å². The molecule has 18 heavy (non-hydrogen) atoms. The van der Waals surface area contributed by atoms with Gasteiger partial charge in [-0.1, -0.05) is 34.6 Å². The number of hydrogen-bond donors (Lipinski definition) is 1. The third-order valence-corrected chi connectivity index (χ3v) is 3.61. The number of nitrogens with one attached hydrogen (secondary N) is 1. The van der Waals surface area contributed by atoms with Crippen molar-refractivity contribution in [1.82, 2.24) is 15.2 Å². The molecule has 4 heteroatoms. The Morgan fingerprint density at radius 2 is 1.89 bits per heavy atom. The molecular formula is C14H27N3S. The SMILES string of the molecule is CC(C)NCc1sc(CN(C)C)nc1C(C)(C)C. The number of rotatable bonds is 5. The van der Waals surface area contributed by atoms with Gasteiger partial charge in [-0.25, -0.2) is 4.98 Å². The van der Waals surface area contributed by atoms with Crippen LogP contribution in [-0.4, -0.2) is 30.0 Å². The van der Waals surface area contributed by atoms with Gasteiger partial charge in [0.2, 0.25) is 0 Å². The highest BCUT2D eigenvalue weighted by atomic mass is 32.1. The molecule has 3 nitrogen and oxygen atoms in total. The molecule has 0 aliphatic rings. The molecule has 104 valence electrons. The van der Waals surface area contributed by atoms with Crippen molar-refractivity contribution in [3.63, 3.8) is 0 Å². The maximum atomic E-state index is 4.84. The van der Waals surface area contributed by atoms with Gasteiger partial charge in [0.15, 0.2) is 0 Å². The molecule has 1 heterocycles. The largest absolute Gasteiger partial charge is 0.310 e. The Morgan fingerprint density at radius 1 is 1.28 bits per heavy atom. The van der Waals surface area contributed by atoms with Crippen molar-refractivity contribution in [3.05, 3.63) is 15.6 Å². The summed E-state index contributed by atoms with van der Waals surface area (Å²) in [4.78, 5) is 8.39. The molecule has 0 aliphatic heterocycles. The van der Waals surface area contributed by atoms with Crippen LogP contribution >= 0.6 is 11.3 Å². The van der Waals surface area contributed by atoms with Gasteiger partial charge in [0.1, 0.15) is 5.01 Å². The molecule has 0 unspecified atom stereocenters. The van der Waals surface area contributed by atoms with Crippen LogP contribution in [0.15, 0.2) is 0 Å². The third kappa shape index (κ3) is 4.67. The zero-order chi connectivity index (χ0) is 13.9. The van der Waals surface area contributed by atoms with Crippen LogP contribution in [0.3, 0.4) is 0 Å². The van der Waals surface area contributed by atoms with Crippen LogP contribution in [0.2, 0.25) is 0 Å². The second-order valence-corrected chi connectivity index (χ2v) is 7.57. The molecule has 0 aromatic carbocycles. The predicted octanol–water partition coefficient (Wildman–Crippen LogP) is 3.00. The van der Waals surface area contributed by atoms with Gasteiger partial charge in [-0.3, -0.25) is 0 Å². The van der Waals surface area contributed by atoms with E-state index in [0.717, 1.165) is 13.1 Å². The van der Waals surface area contributed by atoms with Crippen molar-refractivity contribution in [2.24, 2.45) is 0 Å². The molecule has 1 rings (SSSR count). The Balaban J connectivity index is 2.94. The lowest BCUT2D eigenvalue weighted by atomic mass is 9.91. The summed E-state index contributed by atoms with van der Waals surface area (Å²) >= 11 is 1.84. The summed E-state index contributed by atoms with van der Waals surface area (Å²) in [6, 6.07) is 0.511. The second-order valence-electron chi connectivity index (χ2n) is 6.40. The fourth-order valence-corrected chi connectivity index (χ4v) is 3.09. The van der Waals surface area contributed by atoms with Crippen LogP contribution in [0.5, 0.6) is 0 Å². The van der Waals surface area contributed by atoms with Crippen LogP contribution in [0.4, 0.5) is 0 Å². The van der Waals surface area contributed by atoms with E-state index in [-0.39, 0.29) is 5.41 Å². The molecule has 0 atom stereocenters. The molecule has 0 radical (unpaired) electrons. The molecule has 0 saturated carbocycles. The second kappa shape index (κ2) is 6.13. The van der Waals surface area contributed by atoms with Gasteiger partial charge in [0.05, 0.1) is 5.69 Å². The zero-order valence-corrected chi connectivity index (χ0v) is 13.6. The maximum Gasteiger partial charge on any atom is 0.107 e. The van der Waals surface area contributed by atoms with Gasteiger partial charge in [0.25, 0.3) is 0 Å². The van der Waals surface area contributed by atoms with E-state index in [1.807, 2.05) is 11.3 Å². The summed E-state index contributed by atoms with van der Waals surface area (Å²) in [5, 5.41) is 4.71. The Hall–Kier alpha value is -0.450. The average molecular weight is 269 g/mol. The summed E-state index contributed by atoms with van der Waals surface area (Å²) in [7, 11) is 4.18.